The van der Waals surface area contributed by atoms with Gasteiger partial charge in [-0.25, -0.2) is 9.97 Å². The van der Waals surface area contributed by atoms with Crippen LogP contribution in [0.25, 0.3) is 10.9 Å². The molecule has 1 N–H and O–H groups in total. The predicted molar refractivity (Wildman–Crippen MR) is 113 cm³/mol. The highest BCUT2D eigenvalue weighted by atomic mass is 35.5. The summed E-state index contributed by atoms with van der Waals surface area (Å²) >= 11 is 6.24. The van der Waals surface area contributed by atoms with Crippen molar-refractivity contribution in [2.75, 3.05) is 11.4 Å². The first-order chi connectivity index (χ1) is 14.9. The second kappa shape index (κ2) is 7.97. The van der Waals surface area contributed by atoms with Crippen molar-refractivity contribution in [3.05, 3.63) is 46.6 Å². The first kappa shape index (κ1) is 20.5. The van der Waals surface area contributed by atoms with Crippen molar-refractivity contribution >= 4 is 28.5 Å². The van der Waals surface area contributed by atoms with Crippen LogP contribution in [0.4, 0.5) is 19.1 Å². The Morgan fingerprint density at radius 3 is 2.71 bits per heavy atom. The van der Waals surface area contributed by atoms with E-state index in [2.05, 4.69) is 19.9 Å². The molecule has 5 nitrogen and oxygen atoms in total. The Morgan fingerprint density at radius 1 is 1.13 bits per heavy atom. The lowest BCUT2D eigenvalue weighted by Gasteiger charge is -2.38. The van der Waals surface area contributed by atoms with Crippen LogP contribution in [-0.2, 0) is 12.6 Å². The quantitative estimate of drug-likeness (QED) is 0.525. The Labute approximate surface area is 183 Å². The Morgan fingerprint density at radius 2 is 1.94 bits per heavy atom. The summed E-state index contributed by atoms with van der Waals surface area (Å²) in [6.07, 6.45) is 3.87. The van der Waals surface area contributed by atoms with Gasteiger partial charge in [-0.3, -0.25) is 0 Å². The summed E-state index contributed by atoms with van der Waals surface area (Å²) in [7, 11) is 0. The van der Waals surface area contributed by atoms with Crippen molar-refractivity contribution in [2.24, 2.45) is 5.92 Å². The third-order valence-corrected chi connectivity index (χ3v) is 6.80. The fraction of sp³-hybridized carbons (Fsp3) is 0.500. The van der Waals surface area contributed by atoms with Crippen LogP contribution >= 0.6 is 11.6 Å². The zero-order chi connectivity index (χ0) is 21.6. The summed E-state index contributed by atoms with van der Waals surface area (Å²) in [5, 5.41) is 1.76. The number of hydrogen-bond acceptors (Lipinski definition) is 4. The Hall–Kier alpha value is -2.35. The van der Waals surface area contributed by atoms with E-state index in [0.29, 0.717) is 23.9 Å². The highest BCUT2D eigenvalue weighted by molar-refractivity contribution is 6.31. The number of aromatic nitrogens is 4. The number of alkyl halides is 3. The molecule has 2 aliphatic rings. The summed E-state index contributed by atoms with van der Waals surface area (Å²) < 4.78 is 39.7. The van der Waals surface area contributed by atoms with Crippen LogP contribution in [0, 0.1) is 5.92 Å². The van der Waals surface area contributed by atoms with E-state index >= 15 is 0 Å². The summed E-state index contributed by atoms with van der Waals surface area (Å²) in [5.74, 6) is -0.528. The van der Waals surface area contributed by atoms with Crippen LogP contribution < -0.4 is 4.90 Å². The molecule has 0 unspecified atom stereocenters. The molecule has 0 bridgehead atoms. The van der Waals surface area contributed by atoms with Gasteiger partial charge in [-0.15, -0.1) is 0 Å². The Kier molecular flexibility index (Phi) is 5.28. The molecule has 1 atom stereocenters. The van der Waals surface area contributed by atoms with E-state index < -0.39 is 12.0 Å². The molecule has 1 aliphatic carbocycles. The molecule has 1 aliphatic heterocycles. The molecule has 0 spiro atoms. The molecule has 0 saturated heterocycles. The summed E-state index contributed by atoms with van der Waals surface area (Å²) in [6, 6.07) is 5.66. The minimum atomic E-state index is -4.60. The lowest BCUT2D eigenvalue weighted by molar-refractivity contribution is -0.145. The molecule has 31 heavy (non-hydrogen) atoms. The normalized spacial score (nSPS) is 20.3. The van der Waals surface area contributed by atoms with Gasteiger partial charge < -0.3 is 9.88 Å². The van der Waals surface area contributed by atoms with Crippen LogP contribution in [0.5, 0.6) is 0 Å². The van der Waals surface area contributed by atoms with E-state index in [1.165, 1.54) is 24.8 Å². The zero-order valence-corrected chi connectivity index (χ0v) is 17.7. The lowest BCUT2D eigenvalue weighted by atomic mass is 9.82. The average molecular weight is 450 g/mol. The first-order valence-corrected chi connectivity index (χ1v) is 11.1. The van der Waals surface area contributed by atoms with Crippen molar-refractivity contribution in [3.8, 4) is 0 Å². The number of nitrogens with one attached hydrogen (secondary N) is 1. The van der Waals surface area contributed by atoms with Crippen LogP contribution in [0.3, 0.4) is 0 Å². The second-order valence-corrected chi connectivity index (χ2v) is 8.95. The highest BCUT2D eigenvalue weighted by Gasteiger charge is 2.38. The van der Waals surface area contributed by atoms with Gasteiger partial charge in [0.25, 0.3) is 0 Å². The van der Waals surface area contributed by atoms with Gasteiger partial charge in [0.15, 0.2) is 0 Å². The standard InChI is InChI=1S/C22H23ClF3N5/c23-14-6-7-17-16(11-14)15-8-9-31(21-28-12-27-20(30-21)22(24,25)26)18(19(15)29-17)10-13-4-2-1-3-5-13/h6-7,11-13,18,29H,1-5,8-10H2/t18-/m0/s1. The number of benzene rings is 1. The van der Waals surface area contributed by atoms with Crippen molar-refractivity contribution in [1.29, 1.82) is 0 Å². The molecule has 1 aromatic carbocycles. The smallest absolute Gasteiger partial charge is 0.356 e. The van der Waals surface area contributed by atoms with E-state index in [9.17, 15) is 13.2 Å². The molecule has 1 fully saturated rings. The highest BCUT2D eigenvalue weighted by Crippen LogP contribution is 2.42. The maximum atomic E-state index is 13.2. The van der Waals surface area contributed by atoms with E-state index in [0.717, 1.165) is 42.2 Å². The van der Waals surface area contributed by atoms with Gasteiger partial charge in [0, 0.05) is 28.2 Å². The molecule has 5 rings (SSSR count). The molecule has 164 valence electrons. The van der Waals surface area contributed by atoms with Crippen LogP contribution in [0.2, 0.25) is 5.02 Å². The van der Waals surface area contributed by atoms with Crippen LogP contribution in [-0.4, -0.2) is 26.5 Å². The number of anilines is 1. The third kappa shape index (κ3) is 3.97. The van der Waals surface area contributed by atoms with Crippen molar-refractivity contribution in [2.45, 2.75) is 57.2 Å². The number of H-pyrrole nitrogens is 1. The fourth-order valence-corrected chi connectivity index (χ4v) is 5.30. The molecule has 1 saturated carbocycles. The van der Waals surface area contributed by atoms with Crippen LogP contribution in [0.1, 0.15) is 61.6 Å². The molecule has 2 aromatic heterocycles. The largest absolute Gasteiger partial charge is 0.451 e. The molecule has 3 aromatic rings. The zero-order valence-electron chi connectivity index (χ0n) is 16.9. The van der Waals surface area contributed by atoms with Gasteiger partial charge in [-0.05, 0) is 42.5 Å². The second-order valence-electron chi connectivity index (χ2n) is 8.51. The summed E-state index contributed by atoms with van der Waals surface area (Å²) in [6.45, 7) is 0.547. The van der Waals surface area contributed by atoms with Gasteiger partial charge in [0.2, 0.25) is 11.8 Å². The Bertz CT molecular complexity index is 1090. The SMILES string of the molecule is FC(F)(F)c1ncnc(N2CCc3c([nH]c4ccc(Cl)cc34)[C@@H]2CC2CCCCC2)n1. The van der Waals surface area contributed by atoms with Gasteiger partial charge in [0.1, 0.15) is 6.33 Å². The van der Waals surface area contributed by atoms with Crippen molar-refractivity contribution < 1.29 is 13.2 Å². The summed E-state index contributed by atoms with van der Waals surface area (Å²) in [4.78, 5) is 16.7. The maximum Gasteiger partial charge on any atom is 0.451 e. The van der Waals surface area contributed by atoms with E-state index in [-0.39, 0.29) is 12.0 Å². The van der Waals surface area contributed by atoms with Gasteiger partial charge in [-0.1, -0.05) is 43.7 Å². The fourth-order valence-electron chi connectivity index (χ4n) is 5.12. The Balaban J connectivity index is 1.57. The van der Waals surface area contributed by atoms with E-state index in [4.69, 9.17) is 11.6 Å². The minimum Gasteiger partial charge on any atom is -0.356 e. The molecule has 3 heterocycles. The lowest BCUT2D eigenvalue weighted by Crippen LogP contribution is -2.38. The maximum absolute atomic E-state index is 13.2. The topological polar surface area (TPSA) is 57.7 Å². The van der Waals surface area contributed by atoms with Gasteiger partial charge in [0.05, 0.1) is 6.04 Å². The van der Waals surface area contributed by atoms with Crippen molar-refractivity contribution in [3.63, 3.8) is 0 Å². The van der Waals surface area contributed by atoms with Gasteiger partial charge in [-0.2, -0.15) is 18.2 Å². The average Bonchev–Trinajstić information content (AvgIpc) is 3.12. The van der Waals surface area contributed by atoms with Crippen molar-refractivity contribution in [1.82, 2.24) is 19.9 Å². The number of rotatable bonds is 3. The molecular formula is C22H23ClF3N5. The van der Waals surface area contributed by atoms with Gasteiger partial charge >= 0.3 is 6.18 Å². The molecule has 0 radical (unpaired) electrons. The number of halogens is 4. The van der Waals surface area contributed by atoms with Crippen LogP contribution in [0.15, 0.2) is 24.5 Å². The number of fused-ring (bicyclic) bond motifs is 3. The first-order valence-electron chi connectivity index (χ1n) is 10.7. The monoisotopic (exact) mass is 449 g/mol. The number of aromatic amines is 1. The van der Waals surface area contributed by atoms with E-state index in [1.807, 2.05) is 23.1 Å². The summed E-state index contributed by atoms with van der Waals surface area (Å²) in [5.41, 5.74) is 3.24. The number of nitrogens with zero attached hydrogens (tertiary/aromatic N) is 4. The molecule has 0 amide bonds. The molecule has 9 heteroatoms. The predicted octanol–water partition coefficient (Wildman–Crippen LogP) is 6.10. The molecular weight excluding hydrogens is 427 g/mol. The number of hydrogen-bond donors (Lipinski definition) is 1. The van der Waals surface area contributed by atoms with E-state index in [1.54, 1.807) is 0 Å². The minimum absolute atomic E-state index is 0.0884. The third-order valence-electron chi connectivity index (χ3n) is 6.56.